The van der Waals surface area contributed by atoms with Crippen molar-refractivity contribution in [3.8, 4) is 0 Å². The molecule has 3 rings (SSSR count). The van der Waals surface area contributed by atoms with E-state index in [9.17, 15) is 15.0 Å². The number of nitrogens with zero attached hydrogens (tertiary/aromatic N) is 2. The zero-order chi connectivity index (χ0) is 20.0. The molecule has 0 aromatic heterocycles. The topological polar surface area (TPSA) is 64.0 Å². The standard InChI is InChI=1S/C23H30N2O3/c1-24(14-12-19-8-4-2-5-9-19)18-23(28)13-15-25(17-21(23)26)22(27)16-20-10-6-3-7-11-20/h2-11,21,26,28H,12-18H2,1H3/t21-,23-/m0/s1. The zero-order valence-corrected chi connectivity index (χ0v) is 16.5. The fourth-order valence-corrected chi connectivity index (χ4v) is 3.77. The second-order valence-corrected chi connectivity index (χ2v) is 7.84. The van der Waals surface area contributed by atoms with Crippen LogP contribution < -0.4 is 0 Å². The normalized spacial score (nSPS) is 22.4. The quantitative estimate of drug-likeness (QED) is 0.766. The summed E-state index contributed by atoms with van der Waals surface area (Å²) < 4.78 is 0. The van der Waals surface area contributed by atoms with Crippen LogP contribution in [0.15, 0.2) is 60.7 Å². The fraction of sp³-hybridized carbons (Fsp3) is 0.435. The van der Waals surface area contributed by atoms with Gasteiger partial charge >= 0.3 is 0 Å². The third kappa shape index (κ3) is 5.41. The van der Waals surface area contributed by atoms with Gasteiger partial charge in [-0.2, -0.15) is 0 Å². The average Bonchev–Trinajstić information content (AvgIpc) is 2.70. The average molecular weight is 383 g/mol. The summed E-state index contributed by atoms with van der Waals surface area (Å²) in [5.41, 5.74) is 1.03. The number of likely N-dealkylation sites (N-methyl/N-ethyl adjacent to an activating group) is 1. The van der Waals surface area contributed by atoms with Gasteiger partial charge in [0.1, 0.15) is 11.7 Å². The Balaban J connectivity index is 1.49. The van der Waals surface area contributed by atoms with E-state index in [1.807, 2.05) is 55.6 Å². The molecule has 1 amide bonds. The molecule has 0 radical (unpaired) electrons. The lowest BCUT2D eigenvalue weighted by Gasteiger charge is -2.43. The van der Waals surface area contributed by atoms with E-state index in [-0.39, 0.29) is 12.5 Å². The molecule has 28 heavy (non-hydrogen) atoms. The van der Waals surface area contributed by atoms with Crippen molar-refractivity contribution < 1.29 is 15.0 Å². The minimum Gasteiger partial charge on any atom is -0.388 e. The van der Waals surface area contributed by atoms with E-state index in [4.69, 9.17) is 0 Å². The van der Waals surface area contributed by atoms with Gasteiger partial charge in [-0.05, 0) is 31.0 Å². The summed E-state index contributed by atoms with van der Waals surface area (Å²) in [5.74, 6) is -0.00951. The van der Waals surface area contributed by atoms with Gasteiger partial charge in [0, 0.05) is 26.2 Å². The van der Waals surface area contributed by atoms with Gasteiger partial charge in [0.05, 0.1) is 6.42 Å². The van der Waals surface area contributed by atoms with Crippen LogP contribution in [-0.4, -0.2) is 70.9 Å². The Morgan fingerprint density at radius 1 is 1.11 bits per heavy atom. The zero-order valence-electron chi connectivity index (χ0n) is 16.5. The number of aliphatic hydroxyl groups excluding tert-OH is 1. The van der Waals surface area contributed by atoms with Crippen LogP contribution in [0.1, 0.15) is 17.5 Å². The van der Waals surface area contributed by atoms with Crippen molar-refractivity contribution in [2.45, 2.75) is 31.0 Å². The number of carbonyl (C=O) groups excluding carboxylic acids is 1. The lowest BCUT2D eigenvalue weighted by Crippen LogP contribution is -2.61. The first-order valence-electron chi connectivity index (χ1n) is 9.91. The molecular weight excluding hydrogens is 352 g/mol. The van der Waals surface area contributed by atoms with Gasteiger partial charge in [0.2, 0.25) is 5.91 Å². The number of piperidine rings is 1. The second kappa shape index (κ2) is 9.32. The van der Waals surface area contributed by atoms with Gasteiger partial charge in [0.25, 0.3) is 0 Å². The number of likely N-dealkylation sites (tertiary alicyclic amines) is 1. The first-order chi connectivity index (χ1) is 13.5. The Hall–Kier alpha value is -2.21. The largest absolute Gasteiger partial charge is 0.388 e. The molecular formula is C23H30N2O3. The van der Waals surface area contributed by atoms with E-state index in [1.54, 1.807) is 4.90 Å². The minimum absolute atomic E-state index is 0.00951. The summed E-state index contributed by atoms with van der Waals surface area (Å²) in [4.78, 5) is 16.2. The van der Waals surface area contributed by atoms with Crippen LogP contribution in [0.5, 0.6) is 0 Å². The minimum atomic E-state index is -1.19. The number of hydrogen-bond acceptors (Lipinski definition) is 4. The molecule has 5 heteroatoms. The predicted molar refractivity (Wildman–Crippen MR) is 110 cm³/mol. The highest BCUT2D eigenvalue weighted by Gasteiger charge is 2.42. The fourth-order valence-electron chi connectivity index (χ4n) is 3.77. The Kier molecular flexibility index (Phi) is 6.83. The number of hydrogen-bond donors (Lipinski definition) is 2. The SMILES string of the molecule is CN(CCc1ccccc1)C[C@@]1(O)CCN(C(=O)Cc2ccccc2)C[C@@H]1O. The molecule has 150 valence electrons. The number of benzene rings is 2. The van der Waals surface area contributed by atoms with Crippen molar-refractivity contribution in [1.82, 2.24) is 9.80 Å². The molecule has 1 aliphatic heterocycles. The molecule has 1 heterocycles. The third-order valence-electron chi connectivity index (χ3n) is 5.55. The lowest BCUT2D eigenvalue weighted by molar-refractivity contribution is -0.152. The van der Waals surface area contributed by atoms with Crippen LogP contribution >= 0.6 is 0 Å². The Labute approximate surface area is 167 Å². The van der Waals surface area contributed by atoms with Gasteiger partial charge in [-0.1, -0.05) is 60.7 Å². The molecule has 0 unspecified atom stereocenters. The van der Waals surface area contributed by atoms with Crippen molar-refractivity contribution in [3.63, 3.8) is 0 Å². The number of amides is 1. The van der Waals surface area contributed by atoms with Crippen molar-refractivity contribution in [2.75, 3.05) is 33.2 Å². The maximum atomic E-state index is 12.5. The summed E-state index contributed by atoms with van der Waals surface area (Å²) in [6.07, 6.45) is 0.651. The Morgan fingerprint density at radius 3 is 2.32 bits per heavy atom. The smallest absolute Gasteiger partial charge is 0.227 e. The summed E-state index contributed by atoms with van der Waals surface area (Å²) in [5, 5.41) is 21.5. The van der Waals surface area contributed by atoms with Crippen molar-refractivity contribution in [2.24, 2.45) is 0 Å². The molecule has 2 aromatic carbocycles. The maximum absolute atomic E-state index is 12.5. The van der Waals surface area contributed by atoms with Gasteiger partial charge < -0.3 is 20.0 Å². The lowest BCUT2D eigenvalue weighted by atomic mass is 9.87. The third-order valence-corrected chi connectivity index (χ3v) is 5.55. The number of carbonyl (C=O) groups is 1. The number of β-amino-alcohol motifs (C(OH)–C–C–N with tert-alkyl or cyclic N) is 1. The van der Waals surface area contributed by atoms with Crippen molar-refractivity contribution in [3.05, 3.63) is 71.8 Å². The highest BCUT2D eigenvalue weighted by molar-refractivity contribution is 5.79. The monoisotopic (exact) mass is 382 g/mol. The first kappa shape index (κ1) is 20.5. The van der Waals surface area contributed by atoms with E-state index in [0.29, 0.717) is 25.9 Å². The van der Waals surface area contributed by atoms with E-state index < -0.39 is 11.7 Å². The van der Waals surface area contributed by atoms with Gasteiger partial charge in [-0.3, -0.25) is 4.79 Å². The first-order valence-corrected chi connectivity index (χ1v) is 9.91. The van der Waals surface area contributed by atoms with E-state index in [1.165, 1.54) is 5.56 Å². The summed E-state index contributed by atoms with van der Waals surface area (Å²) in [6.45, 7) is 1.83. The van der Waals surface area contributed by atoms with Crippen LogP contribution in [0.2, 0.25) is 0 Å². The Bertz CT molecular complexity index is 753. The van der Waals surface area contributed by atoms with Crippen LogP contribution in [0, 0.1) is 0 Å². The van der Waals surface area contributed by atoms with E-state index >= 15 is 0 Å². The van der Waals surface area contributed by atoms with Gasteiger partial charge in [-0.15, -0.1) is 0 Å². The van der Waals surface area contributed by atoms with E-state index in [2.05, 4.69) is 17.0 Å². The summed E-state index contributed by atoms with van der Waals surface area (Å²) in [6, 6.07) is 19.8. The van der Waals surface area contributed by atoms with Crippen molar-refractivity contribution >= 4 is 5.91 Å². The number of aliphatic hydroxyl groups is 2. The molecule has 1 aliphatic rings. The van der Waals surface area contributed by atoms with E-state index in [0.717, 1.165) is 18.5 Å². The van der Waals surface area contributed by atoms with Crippen LogP contribution in [0.4, 0.5) is 0 Å². The molecule has 1 fully saturated rings. The molecule has 0 aliphatic carbocycles. The van der Waals surface area contributed by atoms with Crippen molar-refractivity contribution in [1.29, 1.82) is 0 Å². The number of rotatable bonds is 7. The highest BCUT2D eigenvalue weighted by atomic mass is 16.3. The molecule has 0 saturated carbocycles. The maximum Gasteiger partial charge on any atom is 0.227 e. The van der Waals surface area contributed by atoms with Gasteiger partial charge in [-0.25, -0.2) is 0 Å². The molecule has 2 atom stereocenters. The van der Waals surface area contributed by atoms with Crippen LogP contribution in [-0.2, 0) is 17.6 Å². The summed E-state index contributed by atoms with van der Waals surface area (Å²) in [7, 11) is 1.96. The predicted octanol–water partition coefficient (Wildman–Crippen LogP) is 1.73. The van der Waals surface area contributed by atoms with Gasteiger partial charge in [0.15, 0.2) is 0 Å². The van der Waals surface area contributed by atoms with Crippen LogP contribution in [0.25, 0.3) is 0 Å². The molecule has 2 aromatic rings. The molecule has 1 saturated heterocycles. The second-order valence-electron chi connectivity index (χ2n) is 7.84. The molecule has 0 spiro atoms. The molecule has 0 bridgehead atoms. The Morgan fingerprint density at radius 2 is 1.71 bits per heavy atom. The molecule has 5 nitrogen and oxygen atoms in total. The molecule has 2 N–H and O–H groups in total. The van der Waals surface area contributed by atoms with Crippen LogP contribution in [0.3, 0.4) is 0 Å². The summed E-state index contributed by atoms with van der Waals surface area (Å²) >= 11 is 0. The highest BCUT2D eigenvalue weighted by Crippen LogP contribution is 2.24.